The van der Waals surface area contributed by atoms with Crippen LogP contribution in [0.15, 0.2) is 51.8 Å². The van der Waals surface area contributed by atoms with Crippen LogP contribution >= 0.6 is 0 Å². The van der Waals surface area contributed by atoms with Crippen LogP contribution < -0.4 is 16.2 Å². The van der Waals surface area contributed by atoms with E-state index >= 15 is 0 Å². The molecule has 0 amide bonds. The lowest BCUT2D eigenvalue weighted by molar-refractivity contribution is 0.363. The fraction of sp³-hybridized carbons (Fsp3) is 0.182. The highest BCUT2D eigenvalue weighted by Gasteiger charge is 2.23. The fourth-order valence-corrected chi connectivity index (χ4v) is 3.91. The molecule has 1 aliphatic rings. The summed E-state index contributed by atoms with van der Waals surface area (Å²) in [6.07, 6.45) is 3.69. The highest BCUT2D eigenvalue weighted by molar-refractivity contribution is 6.03. The van der Waals surface area contributed by atoms with Gasteiger partial charge in [0.1, 0.15) is 17.5 Å². The van der Waals surface area contributed by atoms with Crippen LogP contribution in [-0.4, -0.2) is 15.7 Å². The Morgan fingerprint density at radius 3 is 2.82 bits per heavy atom. The van der Waals surface area contributed by atoms with Crippen LogP contribution in [0.25, 0.3) is 34.2 Å². The SMILES string of the molecule is CC1C=c2c(n(Cc3ccccc3F)c3c(=O)oc4ncccc4c23)=CC1F. The lowest BCUT2D eigenvalue weighted by Crippen LogP contribution is -2.36. The molecule has 6 heteroatoms. The minimum Gasteiger partial charge on any atom is -0.402 e. The normalized spacial score (nSPS) is 18.7. The van der Waals surface area contributed by atoms with Crippen LogP contribution in [0.4, 0.5) is 8.78 Å². The van der Waals surface area contributed by atoms with Gasteiger partial charge in [-0.15, -0.1) is 0 Å². The van der Waals surface area contributed by atoms with Crippen molar-refractivity contribution in [1.29, 1.82) is 0 Å². The predicted octanol–water partition coefficient (Wildman–Crippen LogP) is 2.88. The molecule has 1 aliphatic carbocycles. The van der Waals surface area contributed by atoms with E-state index in [9.17, 15) is 13.6 Å². The van der Waals surface area contributed by atoms with E-state index in [-0.39, 0.29) is 24.0 Å². The molecule has 0 aliphatic heterocycles. The van der Waals surface area contributed by atoms with Crippen molar-refractivity contribution in [1.82, 2.24) is 9.55 Å². The van der Waals surface area contributed by atoms with Crippen LogP contribution in [-0.2, 0) is 6.54 Å². The quantitative estimate of drug-likeness (QED) is 0.539. The smallest absolute Gasteiger partial charge is 0.362 e. The molecule has 28 heavy (non-hydrogen) atoms. The number of benzene rings is 1. The standard InChI is InChI=1S/C22H16F2N2O2/c1-12-9-15-18(10-17(12)24)26(11-13-5-2-3-7-16(13)23)20-19(15)14-6-4-8-25-21(14)28-22(20)27/h2-10,12,17H,11H2,1H3. The second-order valence-electron chi connectivity index (χ2n) is 7.08. The Bertz CT molecular complexity index is 1420. The van der Waals surface area contributed by atoms with E-state index in [0.717, 1.165) is 5.22 Å². The van der Waals surface area contributed by atoms with Gasteiger partial charge in [-0.2, -0.15) is 0 Å². The van der Waals surface area contributed by atoms with Gasteiger partial charge in [0.25, 0.3) is 0 Å². The number of rotatable bonds is 2. The fourth-order valence-electron chi connectivity index (χ4n) is 3.91. The first-order valence-electron chi connectivity index (χ1n) is 9.06. The number of aromatic nitrogens is 2. The average molecular weight is 378 g/mol. The molecule has 0 saturated heterocycles. The molecule has 3 aromatic heterocycles. The first-order valence-corrected chi connectivity index (χ1v) is 9.06. The first-order chi connectivity index (χ1) is 13.5. The van der Waals surface area contributed by atoms with Crippen molar-refractivity contribution in [2.75, 3.05) is 0 Å². The summed E-state index contributed by atoms with van der Waals surface area (Å²) in [5.41, 5.74) is 0.365. The maximum Gasteiger partial charge on any atom is 0.362 e. The molecule has 4 nitrogen and oxygen atoms in total. The van der Waals surface area contributed by atoms with E-state index in [1.165, 1.54) is 12.1 Å². The summed E-state index contributed by atoms with van der Waals surface area (Å²) in [4.78, 5) is 17.0. The minimum atomic E-state index is -1.19. The molecule has 2 unspecified atom stereocenters. The van der Waals surface area contributed by atoms with Gasteiger partial charge in [-0.1, -0.05) is 31.2 Å². The zero-order valence-electron chi connectivity index (χ0n) is 15.0. The minimum absolute atomic E-state index is 0.0977. The Labute approximate surface area is 158 Å². The molecule has 0 N–H and O–H groups in total. The van der Waals surface area contributed by atoms with Gasteiger partial charge >= 0.3 is 5.63 Å². The van der Waals surface area contributed by atoms with Gasteiger partial charge < -0.3 is 8.98 Å². The topological polar surface area (TPSA) is 48.0 Å². The van der Waals surface area contributed by atoms with Crippen molar-refractivity contribution in [3.05, 3.63) is 75.0 Å². The van der Waals surface area contributed by atoms with Crippen molar-refractivity contribution < 1.29 is 13.2 Å². The van der Waals surface area contributed by atoms with Crippen LogP contribution in [0.1, 0.15) is 12.5 Å². The third-order valence-electron chi connectivity index (χ3n) is 5.30. The summed E-state index contributed by atoms with van der Waals surface area (Å²) in [5.74, 6) is -0.714. The summed E-state index contributed by atoms with van der Waals surface area (Å²) in [6.45, 7) is 1.89. The first kappa shape index (κ1) is 16.9. The lowest BCUT2D eigenvalue weighted by atomic mass is 9.99. The van der Waals surface area contributed by atoms with Crippen LogP contribution in [0, 0.1) is 11.7 Å². The number of nitrogens with zero attached hydrogens (tertiary/aromatic N) is 2. The Balaban J connectivity index is 1.97. The Kier molecular flexibility index (Phi) is 3.69. The maximum absolute atomic E-state index is 14.5. The zero-order chi connectivity index (χ0) is 19.4. The van der Waals surface area contributed by atoms with Crippen molar-refractivity contribution in [2.45, 2.75) is 19.6 Å². The molecule has 0 bridgehead atoms. The number of hydrogen-bond donors (Lipinski definition) is 0. The van der Waals surface area contributed by atoms with Crippen molar-refractivity contribution in [3.8, 4) is 0 Å². The van der Waals surface area contributed by atoms with E-state index in [2.05, 4.69) is 4.98 Å². The van der Waals surface area contributed by atoms with Gasteiger partial charge in [0.15, 0.2) is 0 Å². The number of hydrogen-bond acceptors (Lipinski definition) is 3. The third kappa shape index (κ3) is 2.41. The molecular formula is C22H16F2N2O2. The van der Waals surface area contributed by atoms with Gasteiger partial charge in [-0.05, 0) is 24.3 Å². The largest absolute Gasteiger partial charge is 0.402 e. The van der Waals surface area contributed by atoms with Gasteiger partial charge in [-0.25, -0.2) is 18.6 Å². The maximum atomic E-state index is 14.5. The van der Waals surface area contributed by atoms with Crippen LogP contribution in [0.3, 0.4) is 0 Å². The van der Waals surface area contributed by atoms with Gasteiger partial charge in [0.2, 0.25) is 5.71 Å². The number of fused-ring (bicyclic) bond motifs is 5. The summed E-state index contributed by atoms with van der Waals surface area (Å²) in [6, 6.07) is 9.94. The van der Waals surface area contributed by atoms with Crippen molar-refractivity contribution in [3.63, 3.8) is 0 Å². The summed E-state index contributed by atoms with van der Waals surface area (Å²) in [7, 11) is 0. The molecule has 4 aromatic rings. The van der Waals surface area contributed by atoms with E-state index in [1.807, 2.05) is 12.1 Å². The lowest BCUT2D eigenvalue weighted by Gasteiger charge is -2.13. The van der Waals surface area contributed by atoms with Gasteiger partial charge in [-0.3, -0.25) is 0 Å². The summed E-state index contributed by atoms with van der Waals surface area (Å²) < 4.78 is 35.9. The molecule has 0 spiro atoms. The highest BCUT2D eigenvalue weighted by atomic mass is 19.1. The number of alkyl halides is 1. The second kappa shape index (κ2) is 6.12. The molecule has 140 valence electrons. The second-order valence-corrected chi connectivity index (χ2v) is 7.08. The number of pyridine rings is 1. The van der Waals surface area contributed by atoms with Crippen molar-refractivity contribution >= 4 is 34.2 Å². The molecule has 5 rings (SSSR count). The van der Waals surface area contributed by atoms with Gasteiger partial charge in [0.05, 0.1) is 6.54 Å². The average Bonchev–Trinajstić information content (AvgIpc) is 2.98. The Morgan fingerprint density at radius 2 is 2.00 bits per heavy atom. The zero-order valence-corrected chi connectivity index (χ0v) is 15.0. The Morgan fingerprint density at radius 1 is 1.18 bits per heavy atom. The Hall–Kier alpha value is -3.28. The van der Waals surface area contributed by atoms with Gasteiger partial charge in [0, 0.05) is 39.0 Å². The monoisotopic (exact) mass is 378 g/mol. The molecule has 0 fully saturated rings. The molecule has 1 aromatic carbocycles. The summed E-state index contributed by atoms with van der Waals surface area (Å²) in [5, 5.41) is 2.67. The third-order valence-corrected chi connectivity index (χ3v) is 5.30. The van der Waals surface area contributed by atoms with Crippen molar-refractivity contribution in [2.24, 2.45) is 5.92 Å². The predicted molar refractivity (Wildman–Crippen MR) is 104 cm³/mol. The van der Waals surface area contributed by atoms with E-state index in [4.69, 9.17) is 4.42 Å². The van der Waals surface area contributed by atoms with E-state index < -0.39 is 11.8 Å². The molecule has 2 atom stereocenters. The molecule has 0 saturated carbocycles. The highest BCUT2D eigenvalue weighted by Crippen LogP contribution is 2.21. The number of halogens is 2. The van der Waals surface area contributed by atoms with E-state index in [0.29, 0.717) is 27.2 Å². The van der Waals surface area contributed by atoms with Crippen LogP contribution in [0.2, 0.25) is 0 Å². The van der Waals surface area contributed by atoms with Crippen LogP contribution in [0.5, 0.6) is 0 Å². The molecule has 0 radical (unpaired) electrons. The molecule has 3 heterocycles. The van der Waals surface area contributed by atoms with E-state index in [1.54, 1.807) is 42.0 Å². The summed E-state index contributed by atoms with van der Waals surface area (Å²) >= 11 is 0. The molecular weight excluding hydrogens is 362 g/mol.